The first-order valence-corrected chi connectivity index (χ1v) is 6.44. The minimum atomic E-state index is -3.57. The Morgan fingerprint density at radius 3 is 2.76 bits per heavy atom. The summed E-state index contributed by atoms with van der Waals surface area (Å²) in [4.78, 5) is 3.75. The van der Waals surface area contributed by atoms with Gasteiger partial charge in [0.1, 0.15) is 10.7 Å². The van der Waals surface area contributed by atoms with Crippen molar-refractivity contribution in [3.63, 3.8) is 0 Å². The van der Waals surface area contributed by atoms with E-state index in [4.69, 9.17) is 15.6 Å². The molecule has 0 saturated carbocycles. The molecule has 0 saturated heterocycles. The van der Waals surface area contributed by atoms with Crippen molar-refractivity contribution in [2.24, 2.45) is 0 Å². The summed E-state index contributed by atoms with van der Waals surface area (Å²) >= 11 is 0. The zero-order valence-corrected chi connectivity index (χ0v) is 9.98. The molecule has 1 rings (SSSR count). The second-order valence-corrected chi connectivity index (χ2v) is 4.92. The Balaban J connectivity index is 2.48. The molecule has 0 bridgehead atoms. The summed E-state index contributed by atoms with van der Waals surface area (Å²) in [5, 5.41) is 8.45. The van der Waals surface area contributed by atoms with Crippen molar-refractivity contribution >= 4 is 15.8 Å². The Labute approximate surface area is 99.7 Å². The van der Waals surface area contributed by atoms with Gasteiger partial charge in [-0.2, -0.15) is 0 Å². The topological polar surface area (TPSA) is 115 Å². The van der Waals surface area contributed by atoms with Gasteiger partial charge in [-0.3, -0.25) is 0 Å². The van der Waals surface area contributed by atoms with Crippen LogP contribution in [0.4, 0.5) is 5.82 Å². The van der Waals surface area contributed by atoms with Gasteiger partial charge >= 0.3 is 0 Å². The number of nitrogens with two attached hydrogens (primary N) is 1. The van der Waals surface area contributed by atoms with Crippen LogP contribution < -0.4 is 10.5 Å². The third-order valence-electron chi connectivity index (χ3n) is 1.84. The van der Waals surface area contributed by atoms with Gasteiger partial charge in [0.15, 0.2) is 0 Å². The molecule has 8 heteroatoms. The fraction of sp³-hybridized carbons (Fsp3) is 0.444. The van der Waals surface area contributed by atoms with Crippen molar-refractivity contribution in [2.45, 2.75) is 4.90 Å². The standard InChI is InChI=1S/C9H15N3O4S/c10-9-2-1-8(7-11-9)17(14,15)12-3-5-16-6-4-13/h1-2,7,12-13H,3-6H2,(H2,10,11). The average Bonchev–Trinajstić information content (AvgIpc) is 2.29. The summed E-state index contributed by atoms with van der Waals surface area (Å²) in [5.41, 5.74) is 5.35. The summed E-state index contributed by atoms with van der Waals surface area (Å²) < 4.78 is 30.6. The van der Waals surface area contributed by atoms with Gasteiger partial charge in [-0.05, 0) is 12.1 Å². The third kappa shape index (κ3) is 4.65. The van der Waals surface area contributed by atoms with Crippen LogP contribution in [0.15, 0.2) is 23.2 Å². The van der Waals surface area contributed by atoms with E-state index in [-0.39, 0.29) is 37.1 Å². The Morgan fingerprint density at radius 1 is 1.41 bits per heavy atom. The first-order valence-electron chi connectivity index (χ1n) is 4.96. The molecule has 0 aliphatic rings. The fourth-order valence-corrected chi connectivity index (χ4v) is 2.01. The van der Waals surface area contributed by atoms with Crippen molar-refractivity contribution in [1.29, 1.82) is 0 Å². The lowest BCUT2D eigenvalue weighted by Crippen LogP contribution is -2.27. The highest BCUT2D eigenvalue weighted by Gasteiger charge is 2.13. The van der Waals surface area contributed by atoms with E-state index >= 15 is 0 Å². The number of nitrogen functional groups attached to an aromatic ring is 1. The van der Waals surface area contributed by atoms with Gasteiger partial charge in [0, 0.05) is 12.7 Å². The molecule has 96 valence electrons. The number of hydrogen-bond donors (Lipinski definition) is 3. The van der Waals surface area contributed by atoms with Crippen molar-refractivity contribution in [2.75, 3.05) is 32.1 Å². The lowest BCUT2D eigenvalue weighted by molar-refractivity contribution is 0.0961. The van der Waals surface area contributed by atoms with E-state index in [0.29, 0.717) is 0 Å². The highest BCUT2D eigenvalue weighted by molar-refractivity contribution is 7.89. The van der Waals surface area contributed by atoms with Gasteiger partial charge in [0.25, 0.3) is 0 Å². The highest BCUT2D eigenvalue weighted by Crippen LogP contribution is 2.07. The van der Waals surface area contributed by atoms with Crippen LogP contribution in [-0.4, -0.2) is 44.9 Å². The molecule has 0 spiro atoms. The number of aromatic nitrogens is 1. The molecule has 0 radical (unpaired) electrons. The van der Waals surface area contributed by atoms with Gasteiger partial charge < -0.3 is 15.6 Å². The van der Waals surface area contributed by atoms with E-state index in [2.05, 4.69) is 9.71 Å². The van der Waals surface area contributed by atoms with E-state index in [0.717, 1.165) is 0 Å². The molecular weight excluding hydrogens is 246 g/mol. The number of aliphatic hydroxyl groups is 1. The second kappa shape index (κ2) is 6.50. The van der Waals surface area contributed by atoms with Crippen LogP contribution >= 0.6 is 0 Å². The van der Waals surface area contributed by atoms with Crippen molar-refractivity contribution in [3.8, 4) is 0 Å². The third-order valence-corrected chi connectivity index (χ3v) is 3.29. The SMILES string of the molecule is Nc1ccc(S(=O)(=O)NCCOCCO)cn1. The number of ether oxygens (including phenoxy) is 1. The second-order valence-electron chi connectivity index (χ2n) is 3.15. The summed E-state index contributed by atoms with van der Waals surface area (Å²) in [6, 6.07) is 2.79. The molecule has 0 aliphatic carbocycles. The number of rotatable bonds is 7. The first-order chi connectivity index (χ1) is 8.06. The van der Waals surface area contributed by atoms with Crippen molar-refractivity contribution in [1.82, 2.24) is 9.71 Å². The zero-order chi connectivity index (χ0) is 12.7. The Kier molecular flexibility index (Phi) is 5.29. The van der Waals surface area contributed by atoms with Crippen LogP contribution in [-0.2, 0) is 14.8 Å². The highest BCUT2D eigenvalue weighted by atomic mass is 32.2. The lowest BCUT2D eigenvalue weighted by Gasteiger charge is -2.06. The number of nitrogens with zero attached hydrogens (tertiary/aromatic N) is 1. The van der Waals surface area contributed by atoms with Crippen LogP contribution in [0.2, 0.25) is 0 Å². The van der Waals surface area contributed by atoms with Crippen LogP contribution in [0.3, 0.4) is 0 Å². The van der Waals surface area contributed by atoms with Crippen LogP contribution in [0.5, 0.6) is 0 Å². The van der Waals surface area contributed by atoms with E-state index in [1.54, 1.807) is 0 Å². The molecular formula is C9H15N3O4S. The Hall–Kier alpha value is -1.22. The zero-order valence-electron chi connectivity index (χ0n) is 9.17. The smallest absolute Gasteiger partial charge is 0.242 e. The van der Waals surface area contributed by atoms with Gasteiger partial charge in [-0.1, -0.05) is 0 Å². The quantitative estimate of drug-likeness (QED) is 0.540. The van der Waals surface area contributed by atoms with E-state index in [1.165, 1.54) is 18.3 Å². The van der Waals surface area contributed by atoms with Gasteiger partial charge in [0.05, 0.1) is 19.8 Å². The summed E-state index contributed by atoms with van der Waals surface area (Å²) in [6.07, 6.45) is 1.19. The van der Waals surface area contributed by atoms with Gasteiger partial charge in [-0.25, -0.2) is 18.1 Å². The molecule has 0 unspecified atom stereocenters. The molecule has 0 fully saturated rings. The monoisotopic (exact) mass is 261 g/mol. The molecule has 0 atom stereocenters. The van der Waals surface area contributed by atoms with Crippen molar-refractivity contribution < 1.29 is 18.3 Å². The van der Waals surface area contributed by atoms with Gasteiger partial charge in [0.2, 0.25) is 10.0 Å². The van der Waals surface area contributed by atoms with Crippen LogP contribution in [0, 0.1) is 0 Å². The van der Waals surface area contributed by atoms with Crippen LogP contribution in [0.25, 0.3) is 0 Å². The number of nitrogens with one attached hydrogen (secondary N) is 1. The first kappa shape index (κ1) is 13.8. The Bertz CT molecular complexity index is 432. The maximum atomic E-state index is 11.7. The normalized spacial score (nSPS) is 11.6. The van der Waals surface area contributed by atoms with Gasteiger partial charge in [-0.15, -0.1) is 0 Å². The average molecular weight is 261 g/mol. The predicted octanol–water partition coefficient (Wildman–Crippen LogP) is -1.05. The van der Waals surface area contributed by atoms with Crippen molar-refractivity contribution in [3.05, 3.63) is 18.3 Å². The summed E-state index contributed by atoms with van der Waals surface area (Å²) in [7, 11) is -3.57. The van der Waals surface area contributed by atoms with E-state index < -0.39 is 10.0 Å². The van der Waals surface area contributed by atoms with E-state index in [1.807, 2.05) is 0 Å². The molecule has 1 heterocycles. The number of aliphatic hydroxyl groups excluding tert-OH is 1. The lowest BCUT2D eigenvalue weighted by atomic mass is 10.5. The summed E-state index contributed by atoms with van der Waals surface area (Å²) in [5.74, 6) is 0.259. The number of anilines is 1. The predicted molar refractivity (Wildman–Crippen MR) is 61.7 cm³/mol. The molecule has 0 aromatic carbocycles. The van der Waals surface area contributed by atoms with E-state index in [9.17, 15) is 8.42 Å². The Morgan fingerprint density at radius 2 is 2.18 bits per heavy atom. The molecule has 1 aromatic heterocycles. The fourth-order valence-electron chi connectivity index (χ4n) is 1.05. The minimum absolute atomic E-state index is 0.0499. The largest absolute Gasteiger partial charge is 0.394 e. The minimum Gasteiger partial charge on any atom is -0.394 e. The van der Waals surface area contributed by atoms with Crippen LogP contribution in [0.1, 0.15) is 0 Å². The number of pyridine rings is 1. The molecule has 0 aliphatic heterocycles. The summed E-state index contributed by atoms with van der Waals surface area (Å²) in [6.45, 7) is 0.425. The maximum absolute atomic E-state index is 11.7. The maximum Gasteiger partial charge on any atom is 0.242 e. The molecule has 7 nitrogen and oxygen atoms in total. The molecule has 1 aromatic rings. The number of sulfonamides is 1. The molecule has 0 amide bonds. The molecule has 17 heavy (non-hydrogen) atoms. The number of hydrogen-bond acceptors (Lipinski definition) is 6. The molecule has 4 N–H and O–H groups in total.